The van der Waals surface area contributed by atoms with Gasteiger partial charge in [0.05, 0.1) is 0 Å². The minimum atomic E-state index is -4.21. The lowest BCUT2D eigenvalue weighted by atomic mass is 10.9. The molecule has 0 aromatic rings. The van der Waals surface area contributed by atoms with Crippen LogP contribution in [0.5, 0.6) is 0 Å². The lowest BCUT2D eigenvalue weighted by molar-refractivity contribution is 0.0225. The van der Waals surface area contributed by atoms with Crippen LogP contribution in [-0.2, 0) is 21.5 Å². The standard InChI is InChI=1S/C7H22O8Si3/c1-6-12-17(5,9)15-18(10,13-7-2)14-16(4,8)11-3/h8-10H,6-7H2,1-5H3. The Morgan fingerprint density at radius 1 is 0.833 bits per heavy atom. The zero-order valence-electron chi connectivity index (χ0n) is 11.3. The topological polar surface area (TPSA) is 107 Å². The fourth-order valence-corrected chi connectivity index (χ4v) is 7.39. The molecule has 0 heterocycles. The van der Waals surface area contributed by atoms with Crippen molar-refractivity contribution in [3.8, 4) is 0 Å². The first-order valence-corrected chi connectivity index (χ1v) is 11.7. The fraction of sp³-hybridized carbons (Fsp3) is 1.00. The number of hydrogen-bond donors (Lipinski definition) is 3. The number of rotatable bonds is 9. The average molecular weight is 319 g/mol. The Bertz CT molecular complexity index is 251. The van der Waals surface area contributed by atoms with Crippen LogP contribution in [0, 0.1) is 0 Å². The maximum absolute atomic E-state index is 10.1. The predicted octanol–water partition coefficient (Wildman–Crippen LogP) is -0.711. The molecule has 3 atom stereocenters. The van der Waals surface area contributed by atoms with E-state index in [2.05, 4.69) is 0 Å². The van der Waals surface area contributed by atoms with Crippen LogP contribution < -0.4 is 0 Å². The molecular formula is C7H22O8Si3. The molecular weight excluding hydrogens is 296 g/mol. The second-order valence-corrected chi connectivity index (χ2v) is 10.9. The third kappa shape index (κ3) is 7.05. The van der Waals surface area contributed by atoms with E-state index >= 15 is 0 Å². The maximum Gasteiger partial charge on any atom is 0.661 e. The van der Waals surface area contributed by atoms with Gasteiger partial charge >= 0.3 is 26.7 Å². The van der Waals surface area contributed by atoms with Crippen molar-refractivity contribution >= 4 is 26.7 Å². The van der Waals surface area contributed by atoms with Crippen molar-refractivity contribution in [2.75, 3.05) is 20.3 Å². The highest BCUT2D eigenvalue weighted by Gasteiger charge is 2.55. The van der Waals surface area contributed by atoms with Crippen molar-refractivity contribution in [1.82, 2.24) is 0 Å². The van der Waals surface area contributed by atoms with E-state index in [-0.39, 0.29) is 13.2 Å². The molecule has 0 aromatic heterocycles. The van der Waals surface area contributed by atoms with Crippen LogP contribution in [-0.4, -0.2) is 61.4 Å². The summed E-state index contributed by atoms with van der Waals surface area (Å²) in [6.45, 7) is 6.21. The minimum Gasteiger partial charge on any atom is -0.390 e. The fourth-order valence-electron chi connectivity index (χ4n) is 1.08. The second kappa shape index (κ2) is 7.20. The van der Waals surface area contributed by atoms with E-state index in [0.717, 1.165) is 0 Å². The molecule has 0 saturated carbocycles. The average Bonchev–Trinajstić information content (AvgIpc) is 2.15. The van der Waals surface area contributed by atoms with Crippen LogP contribution in [0.4, 0.5) is 0 Å². The summed E-state index contributed by atoms with van der Waals surface area (Å²) in [5.74, 6) is 0. The van der Waals surface area contributed by atoms with E-state index in [1.54, 1.807) is 13.8 Å². The van der Waals surface area contributed by atoms with Gasteiger partial charge in [-0.25, -0.2) is 0 Å². The molecule has 11 heteroatoms. The number of hydrogen-bond acceptors (Lipinski definition) is 8. The highest BCUT2D eigenvalue weighted by atomic mass is 28.5. The monoisotopic (exact) mass is 318 g/mol. The molecule has 0 aliphatic rings. The molecule has 0 rings (SSSR count). The maximum atomic E-state index is 10.1. The molecule has 110 valence electrons. The van der Waals surface area contributed by atoms with Crippen molar-refractivity contribution in [2.45, 2.75) is 26.9 Å². The van der Waals surface area contributed by atoms with Gasteiger partial charge in [0, 0.05) is 33.4 Å². The van der Waals surface area contributed by atoms with E-state index in [0.29, 0.717) is 0 Å². The van der Waals surface area contributed by atoms with Gasteiger partial charge in [0.25, 0.3) is 0 Å². The highest BCUT2D eigenvalue weighted by Crippen LogP contribution is 2.18. The van der Waals surface area contributed by atoms with Crippen molar-refractivity contribution in [1.29, 1.82) is 0 Å². The van der Waals surface area contributed by atoms with E-state index < -0.39 is 26.7 Å². The first-order valence-electron chi connectivity index (χ1n) is 5.50. The van der Waals surface area contributed by atoms with E-state index in [1.807, 2.05) is 0 Å². The second-order valence-electron chi connectivity index (χ2n) is 3.59. The van der Waals surface area contributed by atoms with Gasteiger partial charge in [-0.1, -0.05) is 0 Å². The van der Waals surface area contributed by atoms with Gasteiger partial charge < -0.3 is 35.9 Å². The highest BCUT2D eigenvalue weighted by molar-refractivity contribution is 6.75. The predicted molar refractivity (Wildman–Crippen MR) is 68.1 cm³/mol. The summed E-state index contributed by atoms with van der Waals surface area (Å²) in [4.78, 5) is 29.7. The van der Waals surface area contributed by atoms with Gasteiger partial charge in [-0.2, -0.15) is 0 Å². The molecule has 18 heavy (non-hydrogen) atoms. The van der Waals surface area contributed by atoms with Gasteiger partial charge in [-0.3, -0.25) is 0 Å². The van der Waals surface area contributed by atoms with Gasteiger partial charge in [0.15, 0.2) is 0 Å². The molecule has 0 aromatic carbocycles. The van der Waals surface area contributed by atoms with E-state index in [9.17, 15) is 14.4 Å². The van der Waals surface area contributed by atoms with Gasteiger partial charge in [-0.15, -0.1) is 0 Å². The molecule has 0 bridgehead atoms. The van der Waals surface area contributed by atoms with Crippen molar-refractivity contribution in [3.05, 3.63) is 0 Å². The molecule has 0 radical (unpaired) electrons. The van der Waals surface area contributed by atoms with Crippen LogP contribution >= 0.6 is 0 Å². The molecule has 3 N–H and O–H groups in total. The smallest absolute Gasteiger partial charge is 0.390 e. The summed E-state index contributed by atoms with van der Waals surface area (Å²) in [6, 6.07) is 0. The molecule has 0 saturated heterocycles. The van der Waals surface area contributed by atoms with Crippen LogP contribution in [0.2, 0.25) is 13.1 Å². The summed E-state index contributed by atoms with van der Waals surface area (Å²) < 4.78 is 24.8. The lowest BCUT2D eigenvalue weighted by Gasteiger charge is -2.32. The quantitative estimate of drug-likeness (QED) is 0.479. The molecule has 0 aliphatic carbocycles. The molecule has 3 unspecified atom stereocenters. The van der Waals surface area contributed by atoms with Crippen molar-refractivity contribution in [3.63, 3.8) is 0 Å². The molecule has 8 nitrogen and oxygen atoms in total. The van der Waals surface area contributed by atoms with Gasteiger partial charge in [0.1, 0.15) is 0 Å². The Kier molecular flexibility index (Phi) is 7.34. The third-order valence-electron chi connectivity index (χ3n) is 1.75. The first-order chi connectivity index (χ1) is 8.10. The van der Waals surface area contributed by atoms with E-state index in [4.69, 9.17) is 21.5 Å². The molecule has 0 fully saturated rings. The zero-order chi connectivity index (χ0) is 14.4. The van der Waals surface area contributed by atoms with Gasteiger partial charge in [0.2, 0.25) is 0 Å². The van der Waals surface area contributed by atoms with Crippen LogP contribution in [0.15, 0.2) is 0 Å². The Morgan fingerprint density at radius 3 is 1.67 bits per heavy atom. The Labute approximate surface area is 110 Å². The third-order valence-corrected chi connectivity index (χ3v) is 9.08. The van der Waals surface area contributed by atoms with Crippen LogP contribution in [0.25, 0.3) is 0 Å². The Hall–Kier alpha value is 0.331. The normalized spacial score (nSPS) is 22.0. The Balaban J connectivity index is 4.81. The van der Waals surface area contributed by atoms with Crippen molar-refractivity contribution in [2.24, 2.45) is 0 Å². The zero-order valence-corrected chi connectivity index (χ0v) is 14.3. The summed E-state index contributed by atoms with van der Waals surface area (Å²) in [7, 11) is -10.1. The largest absolute Gasteiger partial charge is 0.661 e. The van der Waals surface area contributed by atoms with Crippen molar-refractivity contribution < 1.29 is 35.9 Å². The van der Waals surface area contributed by atoms with Crippen LogP contribution in [0.3, 0.4) is 0 Å². The van der Waals surface area contributed by atoms with Crippen LogP contribution in [0.1, 0.15) is 13.8 Å². The minimum absolute atomic E-state index is 0.0908. The molecule has 0 amide bonds. The molecule has 0 spiro atoms. The summed E-state index contributed by atoms with van der Waals surface area (Å²) in [6.07, 6.45) is 0. The summed E-state index contributed by atoms with van der Waals surface area (Å²) >= 11 is 0. The first kappa shape index (κ1) is 18.3. The van der Waals surface area contributed by atoms with Gasteiger partial charge in [-0.05, 0) is 13.8 Å². The lowest BCUT2D eigenvalue weighted by Crippen LogP contribution is -2.61. The SMILES string of the molecule is CCO[Si](C)(O)O[Si](O)(OCC)O[Si](C)(O)OC. The summed E-state index contributed by atoms with van der Waals surface area (Å²) in [5, 5.41) is 0. The Morgan fingerprint density at radius 2 is 1.28 bits per heavy atom. The summed E-state index contributed by atoms with van der Waals surface area (Å²) in [5.41, 5.74) is 0. The van der Waals surface area contributed by atoms with E-state index in [1.165, 1.54) is 20.2 Å². The molecule has 0 aliphatic heterocycles.